The van der Waals surface area contributed by atoms with Crippen molar-refractivity contribution in [2.24, 2.45) is 0 Å². The van der Waals surface area contributed by atoms with Gasteiger partial charge in [0.05, 0.1) is 24.1 Å². The fraction of sp³-hybridized carbons (Fsp3) is 0.235. The van der Waals surface area contributed by atoms with E-state index in [1.807, 2.05) is 24.3 Å². The molecule has 3 aromatic rings. The summed E-state index contributed by atoms with van der Waals surface area (Å²) in [6, 6.07) is 10.6. The van der Waals surface area contributed by atoms with Crippen molar-refractivity contribution in [3.63, 3.8) is 0 Å². The maximum absolute atomic E-state index is 12.5. The minimum Gasteiger partial charge on any atom is -0.340 e. The Morgan fingerprint density at radius 3 is 2.62 bits per heavy atom. The highest BCUT2D eigenvalue weighted by atomic mass is 32.2. The molecule has 2 heterocycles. The molecule has 0 fully saturated rings. The van der Waals surface area contributed by atoms with Crippen LogP contribution < -0.4 is 0 Å². The van der Waals surface area contributed by atoms with Crippen LogP contribution in [0.1, 0.15) is 5.82 Å². The van der Waals surface area contributed by atoms with Gasteiger partial charge >= 0.3 is 0 Å². The Labute approximate surface area is 151 Å². The molecule has 1 N–H and O–H groups in total. The second-order valence-electron chi connectivity index (χ2n) is 5.90. The maximum Gasteiger partial charge on any atom is 0.244 e. The summed E-state index contributed by atoms with van der Waals surface area (Å²) in [6.45, 7) is -0.0117. The van der Waals surface area contributed by atoms with Crippen LogP contribution in [0.2, 0.25) is 0 Å². The van der Waals surface area contributed by atoms with E-state index in [1.54, 1.807) is 7.05 Å². The molecule has 136 valence electrons. The molecule has 0 saturated carbocycles. The SMILES string of the molecule is CN(Cc1nc2ccccc2[nH]1)C(=O)CN(C)S(=O)(=O)c1cccnc1. The minimum absolute atomic E-state index is 0.0511. The summed E-state index contributed by atoms with van der Waals surface area (Å²) in [7, 11) is -0.780. The van der Waals surface area contributed by atoms with E-state index in [0.717, 1.165) is 15.3 Å². The Hall–Kier alpha value is -2.78. The number of fused-ring (bicyclic) bond motifs is 1. The number of carbonyl (C=O) groups excluding carboxylic acids is 1. The zero-order chi connectivity index (χ0) is 18.7. The van der Waals surface area contributed by atoms with Crippen molar-refractivity contribution in [1.29, 1.82) is 0 Å². The van der Waals surface area contributed by atoms with Gasteiger partial charge in [0, 0.05) is 26.5 Å². The Morgan fingerprint density at radius 2 is 1.92 bits per heavy atom. The minimum atomic E-state index is -3.76. The van der Waals surface area contributed by atoms with Crippen LogP contribution in [0.25, 0.3) is 11.0 Å². The highest BCUT2D eigenvalue weighted by Gasteiger charge is 2.24. The Balaban J connectivity index is 1.67. The van der Waals surface area contributed by atoms with Crippen molar-refractivity contribution >= 4 is 27.0 Å². The number of sulfonamides is 1. The summed E-state index contributed by atoms with van der Waals surface area (Å²) in [5.41, 5.74) is 1.71. The van der Waals surface area contributed by atoms with E-state index in [2.05, 4.69) is 15.0 Å². The molecule has 0 aliphatic heterocycles. The van der Waals surface area contributed by atoms with E-state index in [9.17, 15) is 13.2 Å². The number of H-pyrrole nitrogens is 1. The summed E-state index contributed by atoms with van der Waals surface area (Å²) in [4.78, 5) is 25.3. The third-order valence-electron chi connectivity index (χ3n) is 3.95. The number of pyridine rings is 1. The van der Waals surface area contributed by atoms with Gasteiger partial charge in [0.2, 0.25) is 15.9 Å². The van der Waals surface area contributed by atoms with E-state index in [-0.39, 0.29) is 23.9 Å². The molecule has 0 radical (unpaired) electrons. The van der Waals surface area contributed by atoms with Crippen LogP contribution in [0.5, 0.6) is 0 Å². The first-order chi connectivity index (χ1) is 12.4. The third kappa shape index (κ3) is 3.73. The number of para-hydroxylation sites is 2. The summed E-state index contributed by atoms with van der Waals surface area (Å²) < 4.78 is 25.9. The summed E-state index contributed by atoms with van der Waals surface area (Å²) >= 11 is 0. The number of nitrogens with one attached hydrogen (secondary N) is 1. The number of likely N-dealkylation sites (N-methyl/N-ethyl adjacent to an activating group) is 2. The number of aromatic amines is 1. The zero-order valence-corrected chi connectivity index (χ0v) is 15.3. The molecular formula is C17H19N5O3S. The van der Waals surface area contributed by atoms with Gasteiger partial charge in [-0.2, -0.15) is 4.31 Å². The van der Waals surface area contributed by atoms with Gasteiger partial charge in [0.25, 0.3) is 0 Å². The van der Waals surface area contributed by atoms with Crippen LogP contribution in [0.3, 0.4) is 0 Å². The first kappa shape index (κ1) is 18.0. The van der Waals surface area contributed by atoms with Crippen molar-refractivity contribution in [3.8, 4) is 0 Å². The first-order valence-corrected chi connectivity index (χ1v) is 9.36. The molecule has 0 spiro atoms. The molecule has 26 heavy (non-hydrogen) atoms. The van der Waals surface area contributed by atoms with Gasteiger partial charge in [-0.05, 0) is 24.3 Å². The van der Waals surface area contributed by atoms with Gasteiger partial charge in [0.15, 0.2) is 0 Å². The Kier molecular flexibility index (Phi) is 5.01. The van der Waals surface area contributed by atoms with E-state index in [0.29, 0.717) is 5.82 Å². The van der Waals surface area contributed by atoms with Crippen LogP contribution in [0, 0.1) is 0 Å². The molecule has 8 nitrogen and oxygen atoms in total. The van der Waals surface area contributed by atoms with Crippen molar-refractivity contribution in [3.05, 3.63) is 54.6 Å². The number of nitrogens with zero attached hydrogens (tertiary/aromatic N) is 4. The van der Waals surface area contributed by atoms with Gasteiger partial charge in [-0.1, -0.05) is 12.1 Å². The van der Waals surface area contributed by atoms with E-state index in [1.165, 1.54) is 36.5 Å². The van der Waals surface area contributed by atoms with Crippen LogP contribution in [-0.2, 0) is 21.4 Å². The summed E-state index contributed by atoms with van der Waals surface area (Å²) in [5.74, 6) is 0.306. The van der Waals surface area contributed by atoms with Gasteiger partial charge in [-0.25, -0.2) is 13.4 Å². The van der Waals surface area contributed by atoms with E-state index in [4.69, 9.17) is 0 Å². The van der Waals surface area contributed by atoms with Gasteiger partial charge in [-0.3, -0.25) is 9.78 Å². The smallest absolute Gasteiger partial charge is 0.244 e. The van der Waals surface area contributed by atoms with Crippen molar-refractivity contribution in [2.45, 2.75) is 11.4 Å². The third-order valence-corrected chi connectivity index (χ3v) is 5.74. The number of hydrogen-bond acceptors (Lipinski definition) is 5. The lowest BCUT2D eigenvalue weighted by molar-refractivity contribution is -0.130. The highest BCUT2D eigenvalue weighted by molar-refractivity contribution is 7.89. The predicted octanol–water partition coefficient (Wildman–Crippen LogP) is 1.24. The van der Waals surface area contributed by atoms with Crippen LogP contribution in [0.15, 0.2) is 53.7 Å². The average Bonchev–Trinajstić information content (AvgIpc) is 3.04. The van der Waals surface area contributed by atoms with Gasteiger partial charge < -0.3 is 9.88 Å². The monoisotopic (exact) mass is 373 g/mol. The number of carbonyl (C=O) groups is 1. The summed E-state index contributed by atoms with van der Waals surface area (Å²) in [5, 5.41) is 0. The standard InChI is InChI=1S/C17H19N5O3S/c1-21(11-16-19-14-7-3-4-8-15(14)20-16)17(23)12-22(2)26(24,25)13-6-5-9-18-10-13/h3-10H,11-12H2,1-2H3,(H,19,20). The van der Waals surface area contributed by atoms with Gasteiger partial charge in [-0.15, -0.1) is 0 Å². The second kappa shape index (κ2) is 7.22. The maximum atomic E-state index is 12.5. The molecule has 0 aliphatic carbocycles. The largest absolute Gasteiger partial charge is 0.340 e. The average molecular weight is 373 g/mol. The van der Waals surface area contributed by atoms with Gasteiger partial charge in [0.1, 0.15) is 10.7 Å². The molecule has 3 rings (SSSR count). The lowest BCUT2D eigenvalue weighted by atomic mass is 10.3. The van der Waals surface area contributed by atoms with Crippen LogP contribution >= 0.6 is 0 Å². The van der Waals surface area contributed by atoms with Crippen LogP contribution in [0.4, 0.5) is 0 Å². The Bertz CT molecular complexity index is 984. The predicted molar refractivity (Wildman–Crippen MR) is 96.6 cm³/mol. The topological polar surface area (TPSA) is 99.3 Å². The normalized spacial score (nSPS) is 11.8. The summed E-state index contributed by atoms with van der Waals surface area (Å²) in [6.07, 6.45) is 2.75. The fourth-order valence-electron chi connectivity index (χ4n) is 2.47. The lowest BCUT2D eigenvalue weighted by Crippen LogP contribution is -2.39. The number of imidazole rings is 1. The van der Waals surface area contributed by atoms with E-state index < -0.39 is 10.0 Å². The molecule has 0 unspecified atom stereocenters. The molecule has 1 amide bonds. The number of aromatic nitrogens is 3. The number of benzene rings is 1. The van der Waals surface area contributed by atoms with Crippen molar-refractivity contribution in [2.75, 3.05) is 20.6 Å². The second-order valence-corrected chi connectivity index (χ2v) is 7.95. The van der Waals surface area contributed by atoms with Crippen LogP contribution in [-0.4, -0.2) is 59.1 Å². The lowest BCUT2D eigenvalue weighted by Gasteiger charge is -2.21. The quantitative estimate of drug-likeness (QED) is 0.701. The van der Waals surface area contributed by atoms with Crippen molar-refractivity contribution in [1.82, 2.24) is 24.2 Å². The molecular weight excluding hydrogens is 354 g/mol. The molecule has 0 bridgehead atoms. The molecule has 9 heteroatoms. The Morgan fingerprint density at radius 1 is 1.15 bits per heavy atom. The zero-order valence-electron chi connectivity index (χ0n) is 14.5. The molecule has 0 saturated heterocycles. The number of rotatable bonds is 6. The molecule has 2 aromatic heterocycles. The van der Waals surface area contributed by atoms with E-state index >= 15 is 0 Å². The first-order valence-electron chi connectivity index (χ1n) is 7.92. The molecule has 0 aliphatic rings. The fourth-order valence-corrected chi connectivity index (χ4v) is 3.55. The molecule has 0 atom stereocenters. The molecule has 1 aromatic carbocycles. The number of hydrogen-bond donors (Lipinski definition) is 1. The van der Waals surface area contributed by atoms with Crippen molar-refractivity contribution < 1.29 is 13.2 Å². The highest BCUT2D eigenvalue weighted by Crippen LogP contribution is 2.14. The number of amides is 1.